The topological polar surface area (TPSA) is 82.4 Å². The molecule has 3 atom stereocenters. The number of likely N-dealkylation sites (tertiary alicyclic amines) is 1. The molecule has 2 aliphatic heterocycles. The van der Waals surface area contributed by atoms with Crippen molar-refractivity contribution < 1.29 is 41.4 Å². The summed E-state index contributed by atoms with van der Waals surface area (Å²) in [5, 5.41) is 0. The van der Waals surface area contributed by atoms with Crippen LogP contribution < -0.4 is 9.54 Å². The molecule has 3 heterocycles. The molecule has 2 aromatic rings. The SMILES string of the molecule is CC(C)(C)OC(=O)N1C[C@@H](F)C[C@H]1COc1ccc(C(F)(F)F)cc1C(=O)N=c1sc(C(C)(C)C)cn1C[C@H]1CCCO1. The van der Waals surface area contributed by atoms with Crippen molar-refractivity contribution >= 4 is 23.3 Å². The predicted molar refractivity (Wildman–Crippen MR) is 153 cm³/mol. The molecular formula is C30H39F4N3O5S. The summed E-state index contributed by atoms with van der Waals surface area (Å²) in [4.78, 5) is 33.0. The van der Waals surface area contributed by atoms with Gasteiger partial charge in [0.2, 0.25) is 0 Å². The molecular weight excluding hydrogens is 590 g/mol. The van der Waals surface area contributed by atoms with Gasteiger partial charge in [0.1, 0.15) is 24.1 Å². The van der Waals surface area contributed by atoms with E-state index in [-0.39, 0.29) is 42.4 Å². The smallest absolute Gasteiger partial charge is 0.416 e. The molecule has 8 nitrogen and oxygen atoms in total. The Morgan fingerprint density at radius 2 is 1.86 bits per heavy atom. The van der Waals surface area contributed by atoms with Crippen LogP contribution in [0.25, 0.3) is 0 Å². The van der Waals surface area contributed by atoms with Crippen molar-refractivity contribution in [1.29, 1.82) is 0 Å². The molecule has 0 unspecified atom stereocenters. The lowest BCUT2D eigenvalue weighted by molar-refractivity contribution is -0.137. The van der Waals surface area contributed by atoms with Crippen molar-refractivity contribution in [1.82, 2.24) is 9.47 Å². The molecule has 1 aromatic heterocycles. The molecule has 0 radical (unpaired) electrons. The van der Waals surface area contributed by atoms with E-state index in [2.05, 4.69) is 4.99 Å². The standard InChI is InChI=1S/C30H39F4N3O5S/c1-28(2,3)24-16-36(15-21-8-7-11-40-21)26(43-24)35-25(38)22-12-18(30(32,33)34)9-10-23(22)41-17-20-13-19(31)14-37(20)27(39)42-29(4,5)6/h9-10,12,16,19-21H,7-8,11,13-15,17H2,1-6H3/t19-,20-,21+/m0/s1. The van der Waals surface area contributed by atoms with Gasteiger partial charge in [-0.25, -0.2) is 9.18 Å². The summed E-state index contributed by atoms with van der Waals surface area (Å²) in [6.45, 7) is 11.8. The molecule has 0 N–H and O–H groups in total. The number of nitrogens with zero attached hydrogens (tertiary/aromatic N) is 3. The van der Waals surface area contributed by atoms with Gasteiger partial charge in [-0.1, -0.05) is 20.8 Å². The van der Waals surface area contributed by atoms with Gasteiger partial charge in [0.25, 0.3) is 5.91 Å². The second-order valence-corrected chi connectivity index (χ2v) is 14.0. The summed E-state index contributed by atoms with van der Waals surface area (Å²) in [6, 6.07) is 1.83. The fraction of sp³-hybridized carbons (Fsp3) is 0.633. The summed E-state index contributed by atoms with van der Waals surface area (Å²) < 4.78 is 74.1. The average molecular weight is 630 g/mol. The zero-order chi connectivity index (χ0) is 31.7. The van der Waals surface area contributed by atoms with E-state index in [0.717, 1.165) is 29.9 Å². The van der Waals surface area contributed by atoms with Gasteiger partial charge < -0.3 is 18.8 Å². The fourth-order valence-electron chi connectivity index (χ4n) is 4.85. The first kappa shape index (κ1) is 33.0. The summed E-state index contributed by atoms with van der Waals surface area (Å²) >= 11 is 1.29. The van der Waals surface area contributed by atoms with Gasteiger partial charge in [-0.15, -0.1) is 11.3 Å². The highest BCUT2D eigenvalue weighted by molar-refractivity contribution is 7.09. The zero-order valence-electron chi connectivity index (χ0n) is 25.3. The molecule has 0 saturated carbocycles. The summed E-state index contributed by atoms with van der Waals surface area (Å²) in [5.41, 5.74) is -2.48. The molecule has 238 valence electrons. The van der Waals surface area contributed by atoms with Gasteiger partial charge in [-0.3, -0.25) is 9.69 Å². The molecule has 0 spiro atoms. The Morgan fingerprint density at radius 3 is 2.47 bits per heavy atom. The van der Waals surface area contributed by atoms with E-state index in [0.29, 0.717) is 24.0 Å². The molecule has 4 rings (SSSR count). The Labute approximate surface area is 252 Å². The highest BCUT2D eigenvalue weighted by Crippen LogP contribution is 2.34. The third-order valence-electron chi connectivity index (χ3n) is 7.04. The summed E-state index contributed by atoms with van der Waals surface area (Å²) in [7, 11) is 0. The first-order chi connectivity index (χ1) is 19.9. The molecule has 2 amide bonds. The molecule has 13 heteroatoms. The first-order valence-corrected chi connectivity index (χ1v) is 15.1. The van der Waals surface area contributed by atoms with Crippen molar-refractivity contribution in [2.75, 3.05) is 19.8 Å². The molecule has 2 saturated heterocycles. The Balaban J connectivity index is 1.66. The van der Waals surface area contributed by atoms with Gasteiger partial charge in [0.05, 0.1) is 36.4 Å². The van der Waals surface area contributed by atoms with Crippen molar-refractivity contribution in [2.45, 2.75) is 103 Å². The average Bonchev–Trinajstić information content (AvgIpc) is 3.62. The summed E-state index contributed by atoms with van der Waals surface area (Å²) in [5.74, 6) is -1.06. The third kappa shape index (κ3) is 8.59. The maximum Gasteiger partial charge on any atom is 0.416 e. The largest absolute Gasteiger partial charge is 0.491 e. The van der Waals surface area contributed by atoms with Crippen LogP contribution in [0.2, 0.25) is 0 Å². The number of benzene rings is 1. The van der Waals surface area contributed by atoms with Crippen molar-refractivity contribution in [3.63, 3.8) is 0 Å². The van der Waals surface area contributed by atoms with E-state index in [4.69, 9.17) is 14.2 Å². The van der Waals surface area contributed by atoms with E-state index >= 15 is 0 Å². The number of ether oxygens (including phenoxy) is 3. The van der Waals surface area contributed by atoms with Crippen LogP contribution in [-0.4, -0.2) is 65.1 Å². The lowest BCUT2D eigenvalue weighted by Gasteiger charge is -2.28. The van der Waals surface area contributed by atoms with Crippen LogP contribution >= 0.6 is 11.3 Å². The molecule has 2 aliphatic rings. The van der Waals surface area contributed by atoms with E-state index in [1.165, 1.54) is 16.2 Å². The second-order valence-electron chi connectivity index (χ2n) is 13.0. The summed E-state index contributed by atoms with van der Waals surface area (Å²) in [6.07, 6.45) is -3.16. The van der Waals surface area contributed by atoms with Gasteiger partial charge in [-0.05, 0) is 57.2 Å². The number of hydrogen-bond donors (Lipinski definition) is 0. The van der Waals surface area contributed by atoms with E-state index < -0.39 is 41.6 Å². The fourth-order valence-corrected chi connectivity index (χ4v) is 5.90. The normalized spacial score (nSPS) is 21.9. The number of hydrogen-bond acceptors (Lipinski definition) is 6. The van der Waals surface area contributed by atoms with Crippen LogP contribution in [0.5, 0.6) is 5.75 Å². The number of thiazole rings is 1. The monoisotopic (exact) mass is 629 g/mol. The van der Waals surface area contributed by atoms with Crippen LogP contribution in [0.3, 0.4) is 0 Å². The van der Waals surface area contributed by atoms with Gasteiger partial charge in [0.15, 0.2) is 4.80 Å². The van der Waals surface area contributed by atoms with E-state index in [9.17, 15) is 27.2 Å². The molecule has 0 bridgehead atoms. The minimum absolute atomic E-state index is 0.0401. The Morgan fingerprint density at radius 1 is 1.14 bits per heavy atom. The Hall–Kier alpha value is -2.93. The number of halogens is 4. The maximum atomic E-state index is 14.3. The zero-order valence-corrected chi connectivity index (χ0v) is 26.1. The molecule has 0 aliphatic carbocycles. The van der Waals surface area contributed by atoms with Crippen molar-refractivity contribution in [2.24, 2.45) is 4.99 Å². The highest BCUT2D eigenvalue weighted by atomic mass is 32.1. The maximum absolute atomic E-state index is 14.3. The Kier molecular flexibility index (Phi) is 9.65. The first-order valence-electron chi connectivity index (χ1n) is 14.3. The number of carbonyl (C=O) groups excluding carboxylic acids is 2. The van der Waals surface area contributed by atoms with E-state index in [1.54, 1.807) is 20.8 Å². The van der Waals surface area contributed by atoms with Crippen molar-refractivity contribution in [3.05, 3.63) is 45.2 Å². The molecule has 43 heavy (non-hydrogen) atoms. The van der Waals surface area contributed by atoms with Crippen LogP contribution in [0, 0.1) is 0 Å². The molecule has 1 aromatic carbocycles. The minimum Gasteiger partial charge on any atom is -0.491 e. The predicted octanol–water partition coefficient (Wildman–Crippen LogP) is 6.51. The lowest BCUT2D eigenvalue weighted by Crippen LogP contribution is -2.42. The molecule has 2 fully saturated rings. The van der Waals surface area contributed by atoms with Crippen LogP contribution in [0.1, 0.15) is 81.6 Å². The van der Waals surface area contributed by atoms with Crippen molar-refractivity contribution in [3.8, 4) is 5.75 Å². The highest BCUT2D eigenvalue weighted by Gasteiger charge is 2.39. The number of carbonyl (C=O) groups is 2. The van der Waals surface area contributed by atoms with Gasteiger partial charge in [0, 0.05) is 24.1 Å². The van der Waals surface area contributed by atoms with Gasteiger partial charge >= 0.3 is 12.3 Å². The number of alkyl halides is 4. The lowest BCUT2D eigenvalue weighted by atomic mass is 9.95. The minimum atomic E-state index is -4.71. The van der Waals surface area contributed by atoms with E-state index in [1.807, 2.05) is 31.5 Å². The van der Waals surface area contributed by atoms with Crippen LogP contribution in [0.15, 0.2) is 29.4 Å². The Bertz CT molecular complexity index is 1380. The number of aromatic nitrogens is 1. The quantitative estimate of drug-likeness (QED) is 0.340. The number of rotatable bonds is 6. The van der Waals surface area contributed by atoms with Crippen LogP contribution in [0.4, 0.5) is 22.4 Å². The number of amides is 2. The third-order valence-corrected chi connectivity index (χ3v) is 8.49. The van der Waals surface area contributed by atoms with Gasteiger partial charge in [-0.2, -0.15) is 18.2 Å². The van der Waals surface area contributed by atoms with Crippen LogP contribution in [-0.2, 0) is 27.6 Å². The second kappa shape index (κ2) is 12.6.